The zero-order valence-corrected chi connectivity index (χ0v) is 7.94. The van der Waals surface area contributed by atoms with Crippen molar-refractivity contribution in [2.75, 3.05) is 0 Å². The summed E-state index contributed by atoms with van der Waals surface area (Å²) in [6.07, 6.45) is 1.60. The predicted molar refractivity (Wildman–Crippen MR) is 46.8 cm³/mol. The van der Waals surface area contributed by atoms with Gasteiger partial charge in [0.25, 0.3) is 0 Å². The molecule has 0 atom stereocenters. The summed E-state index contributed by atoms with van der Waals surface area (Å²) in [5, 5.41) is 7.41. The Balaban J connectivity index is 2.46. The molecule has 0 fully saturated rings. The van der Waals surface area contributed by atoms with E-state index in [1.54, 1.807) is 18.3 Å². The molecule has 0 aliphatic carbocycles. The number of aromatic nitrogens is 4. The van der Waals surface area contributed by atoms with Crippen LogP contribution in [-0.4, -0.2) is 20.0 Å². The highest BCUT2D eigenvalue weighted by molar-refractivity contribution is 9.10. The summed E-state index contributed by atoms with van der Waals surface area (Å²) in [5.41, 5.74) is 0. The molecule has 0 bridgehead atoms. The lowest BCUT2D eigenvalue weighted by atomic mass is 10.4. The van der Waals surface area contributed by atoms with E-state index in [0.29, 0.717) is 10.4 Å². The van der Waals surface area contributed by atoms with Gasteiger partial charge in [0.1, 0.15) is 4.60 Å². The summed E-state index contributed by atoms with van der Waals surface area (Å²) in [7, 11) is 0. The molecule has 0 amide bonds. The van der Waals surface area contributed by atoms with Crippen LogP contribution in [0.5, 0.6) is 0 Å². The van der Waals surface area contributed by atoms with E-state index in [1.807, 2.05) is 0 Å². The van der Waals surface area contributed by atoms with E-state index in [0.717, 1.165) is 0 Å². The summed E-state index contributed by atoms with van der Waals surface area (Å²) in [5.74, 6) is -0.137. The van der Waals surface area contributed by atoms with Crippen LogP contribution in [0.25, 0.3) is 5.82 Å². The molecule has 13 heavy (non-hydrogen) atoms. The van der Waals surface area contributed by atoms with Gasteiger partial charge in [0.05, 0.1) is 6.20 Å². The fourth-order valence-electron chi connectivity index (χ4n) is 0.881. The Morgan fingerprint density at radius 1 is 1.38 bits per heavy atom. The first-order chi connectivity index (χ1) is 6.25. The van der Waals surface area contributed by atoms with Crippen LogP contribution in [0.2, 0.25) is 0 Å². The number of hydrogen-bond donors (Lipinski definition) is 0. The van der Waals surface area contributed by atoms with Crippen molar-refractivity contribution in [2.24, 2.45) is 0 Å². The molecular weight excluding hydrogens is 239 g/mol. The average molecular weight is 243 g/mol. The van der Waals surface area contributed by atoms with E-state index < -0.39 is 5.95 Å². The highest BCUT2D eigenvalue weighted by Crippen LogP contribution is 2.07. The molecule has 0 aliphatic rings. The predicted octanol–water partition coefficient (Wildman–Crippen LogP) is 1.56. The van der Waals surface area contributed by atoms with Crippen LogP contribution in [0.4, 0.5) is 4.39 Å². The first kappa shape index (κ1) is 8.31. The van der Waals surface area contributed by atoms with Gasteiger partial charge in [0.15, 0.2) is 5.82 Å². The molecule has 0 aromatic carbocycles. The van der Waals surface area contributed by atoms with Crippen LogP contribution in [-0.2, 0) is 0 Å². The zero-order valence-electron chi connectivity index (χ0n) is 6.35. The molecule has 2 aromatic heterocycles. The van der Waals surface area contributed by atoms with Crippen LogP contribution < -0.4 is 0 Å². The summed E-state index contributed by atoms with van der Waals surface area (Å²) >= 11 is 3.13. The van der Waals surface area contributed by atoms with Gasteiger partial charge in [-0.3, -0.25) is 0 Å². The van der Waals surface area contributed by atoms with E-state index in [9.17, 15) is 4.39 Å². The van der Waals surface area contributed by atoms with Gasteiger partial charge in [-0.25, -0.2) is 9.67 Å². The molecular formula is C7H4BrFN4. The number of nitrogens with zero attached hydrogens (tertiary/aromatic N) is 4. The van der Waals surface area contributed by atoms with Crippen LogP contribution in [0, 0.1) is 5.95 Å². The third-order valence-electron chi connectivity index (χ3n) is 1.40. The molecule has 6 heteroatoms. The Bertz CT molecular complexity index is 428. The van der Waals surface area contributed by atoms with E-state index in [1.165, 1.54) is 10.7 Å². The van der Waals surface area contributed by atoms with Crippen molar-refractivity contribution < 1.29 is 4.39 Å². The number of rotatable bonds is 1. The fraction of sp³-hybridized carbons (Fsp3) is 0. The second kappa shape index (κ2) is 3.21. The van der Waals surface area contributed by atoms with E-state index >= 15 is 0 Å². The molecule has 0 saturated heterocycles. The quantitative estimate of drug-likeness (QED) is 0.714. The standard InChI is InChI=1S/C7H4BrFN4/c8-5-4-13(12-11-5)7-3-1-2-6(9)10-7/h1-4H. The topological polar surface area (TPSA) is 43.6 Å². The molecule has 0 saturated carbocycles. The van der Waals surface area contributed by atoms with Gasteiger partial charge in [-0.1, -0.05) is 11.3 Å². The zero-order chi connectivity index (χ0) is 9.26. The smallest absolute Gasteiger partial charge is 0.201 e. The van der Waals surface area contributed by atoms with E-state index in [2.05, 4.69) is 31.2 Å². The summed E-state index contributed by atoms with van der Waals surface area (Å²) in [6, 6.07) is 4.48. The maximum absolute atomic E-state index is 12.7. The summed E-state index contributed by atoms with van der Waals surface area (Å²) in [6.45, 7) is 0. The Hall–Kier alpha value is -1.30. The van der Waals surface area contributed by atoms with Gasteiger partial charge in [0, 0.05) is 0 Å². The van der Waals surface area contributed by atoms with E-state index in [4.69, 9.17) is 0 Å². The maximum atomic E-state index is 12.7. The lowest BCUT2D eigenvalue weighted by Gasteiger charge is -1.96. The maximum Gasteiger partial charge on any atom is 0.214 e. The van der Waals surface area contributed by atoms with Crippen molar-refractivity contribution >= 4 is 15.9 Å². The Morgan fingerprint density at radius 2 is 2.23 bits per heavy atom. The first-order valence-electron chi connectivity index (χ1n) is 3.46. The molecule has 0 radical (unpaired) electrons. The SMILES string of the molecule is Fc1cccc(-n2cc(Br)nn2)n1. The number of pyridine rings is 1. The van der Waals surface area contributed by atoms with Crippen LogP contribution >= 0.6 is 15.9 Å². The van der Waals surface area contributed by atoms with Crippen molar-refractivity contribution in [3.05, 3.63) is 34.9 Å². The van der Waals surface area contributed by atoms with Crippen LogP contribution in [0.15, 0.2) is 29.0 Å². The number of halogens is 2. The van der Waals surface area contributed by atoms with Gasteiger partial charge in [-0.15, -0.1) is 5.10 Å². The third kappa shape index (κ3) is 1.72. The van der Waals surface area contributed by atoms with Crippen LogP contribution in [0.3, 0.4) is 0 Å². The van der Waals surface area contributed by atoms with E-state index in [-0.39, 0.29) is 0 Å². The fourth-order valence-corrected chi connectivity index (χ4v) is 1.15. The lowest BCUT2D eigenvalue weighted by Crippen LogP contribution is -1.99. The Morgan fingerprint density at radius 3 is 2.85 bits per heavy atom. The minimum absolute atomic E-state index is 0.401. The second-order valence-electron chi connectivity index (χ2n) is 2.30. The summed E-state index contributed by atoms with van der Waals surface area (Å²) < 4.78 is 14.6. The molecule has 2 rings (SSSR count). The van der Waals surface area contributed by atoms with Crippen molar-refractivity contribution in [2.45, 2.75) is 0 Å². The molecule has 2 heterocycles. The van der Waals surface area contributed by atoms with Crippen molar-refractivity contribution in [1.29, 1.82) is 0 Å². The van der Waals surface area contributed by atoms with Crippen molar-refractivity contribution in [3.8, 4) is 5.82 Å². The summed E-state index contributed by atoms with van der Waals surface area (Å²) in [4.78, 5) is 3.63. The van der Waals surface area contributed by atoms with Gasteiger partial charge in [-0.2, -0.15) is 4.39 Å². The molecule has 0 aliphatic heterocycles. The minimum atomic E-state index is -0.538. The van der Waals surface area contributed by atoms with Gasteiger partial charge in [0.2, 0.25) is 5.95 Å². The van der Waals surface area contributed by atoms with Crippen LogP contribution in [0.1, 0.15) is 0 Å². The largest absolute Gasteiger partial charge is 0.214 e. The molecule has 4 nitrogen and oxygen atoms in total. The third-order valence-corrected chi connectivity index (χ3v) is 1.76. The van der Waals surface area contributed by atoms with Gasteiger partial charge < -0.3 is 0 Å². The van der Waals surface area contributed by atoms with Gasteiger partial charge in [-0.05, 0) is 28.1 Å². The second-order valence-corrected chi connectivity index (χ2v) is 3.12. The molecule has 0 N–H and O–H groups in total. The lowest BCUT2D eigenvalue weighted by molar-refractivity contribution is 0.576. The normalized spacial score (nSPS) is 10.3. The molecule has 0 unspecified atom stereocenters. The Labute approximate surface area is 81.5 Å². The van der Waals surface area contributed by atoms with Crippen molar-refractivity contribution in [1.82, 2.24) is 20.0 Å². The molecule has 66 valence electrons. The minimum Gasteiger partial charge on any atom is -0.201 e. The average Bonchev–Trinajstić information content (AvgIpc) is 2.52. The Kier molecular flexibility index (Phi) is 2.05. The van der Waals surface area contributed by atoms with Crippen molar-refractivity contribution in [3.63, 3.8) is 0 Å². The monoisotopic (exact) mass is 242 g/mol. The van der Waals surface area contributed by atoms with Gasteiger partial charge >= 0.3 is 0 Å². The molecule has 2 aromatic rings. The highest BCUT2D eigenvalue weighted by Gasteiger charge is 2.01. The highest BCUT2D eigenvalue weighted by atomic mass is 79.9. The number of hydrogen-bond acceptors (Lipinski definition) is 3. The molecule has 0 spiro atoms. The first-order valence-corrected chi connectivity index (χ1v) is 4.26.